The minimum absolute atomic E-state index is 0.0560. The zero-order valence-corrected chi connectivity index (χ0v) is 13.5. The quantitative estimate of drug-likeness (QED) is 0.532. The smallest absolute Gasteiger partial charge is 0.264 e. The molecule has 26 heavy (non-hydrogen) atoms. The Morgan fingerprint density at radius 3 is 2.54 bits per heavy atom. The topological polar surface area (TPSA) is 69.8 Å². The number of hydrogen-bond acceptors (Lipinski definition) is 4. The van der Waals surface area contributed by atoms with E-state index >= 15 is 0 Å². The van der Waals surface area contributed by atoms with Gasteiger partial charge in [0, 0.05) is 0 Å². The van der Waals surface area contributed by atoms with Gasteiger partial charge in [-0.1, -0.05) is 30.3 Å². The lowest BCUT2D eigenvalue weighted by Gasteiger charge is -2.06. The van der Waals surface area contributed by atoms with Crippen LogP contribution >= 0.6 is 0 Å². The molecule has 2 aromatic heterocycles. The molecule has 6 nitrogen and oxygen atoms in total. The Morgan fingerprint density at radius 1 is 1.04 bits per heavy atom. The van der Waals surface area contributed by atoms with Crippen molar-refractivity contribution in [2.24, 2.45) is 0 Å². The molecule has 4 aromatic rings. The summed E-state index contributed by atoms with van der Waals surface area (Å²) in [5, 5.41) is 4.50. The second-order valence-electron chi connectivity index (χ2n) is 5.71. The molecule has 0 aliphatic heterocycles. The Labute approximate surface area is 147 Å². The first kappa shape index (κ1) is 15.9. The van der Waals surface area contributed by atoms with Crippen LogP contribution in [0.5, 0.6) is 0 Å². The molecule has 0 bridgehead atoms. The molecule has 0 unspecified atom stereocenters. The normalized spacial score (nSPS) is 11.0. The first-order valence-electron chi connectivity index (χ1n) is 7.91. The van der Waals surface area contributed by atoms with Crippen molar-refractivity contribution >= 4 is 16.8 Å². The van der Waals surface area contributed by atoms with Crippen LogP contribution in [0.1, 0.15) is 10.4 Å². The van der Waals surface area contributed by atoms with Gasteiger partial charge in [-0.3, -0.25) is 14.2 Å². The molecule has 0 spiro atoms. The molecule has 0 amide bonds. The number of aromatic nitrogens is 4. The van der Waals surface area contributed by atoms with Gasteiger partial charge in [-0.2, -0.15) is 5.10 Å². The predicted octanol–water partition coefficient (Wildman–Crippen LogP) is 2.60. The summed E-state index contributed by atoms with van der Waals surface area (Å²) < 4.78 is 16.5. The van der Waals surface area contributed by atoms with Gasteiger partial charge in [0.25, 0.3) is 5.56 Å². The Morgan fingerprint density at radius 2 is 1.77 bits per heavy atom. The summed E-state index contributed by atoms with van der Waals surface area (Å²) in [4.78, 5) is 29.2. The second-order valence-corrected chi connectivity index (χ2v) is 5.71. The number of halogens is 1. The average Bonchev–Trinajstić information content (AvgIpc) is 3.10. The van der Waals surface area contributed by atoms with Gasteiger partial charge in [0.05, 0.1) is 24.0 Å². The van der Waals surface area contributed by atoms with Gasteiger partial charge >= 0.3 is 0 Å². The van der Waals surface area contributed by atoms with Crippen LogP contribution in [-0.4, -0.2) is 25.1 Å². The molecule has 0 radical (unpaired) electrons. The van der Waals surface area contributed by atoms with Crippen LogP contribution in [0, 0.1) is 5.82 Å². The fraction of sp³-hybridized carbons (Fsp3) is 0.0526. The van der Waals surface area contributed by atoms with E-state index in [-0.39, 0.29) is 17.5 Å². The summed E-state index contributed by atoms with van der Waals surface area (Å²) in [6.45, 7) is -0.292. The maximum absolute atomic E-state index is 13.8. The molecule has 0 aliphatic rings. The van der Waals surface area contributed by atoms with E-state index in [1.54, 1.807) is 10.7 Å². The Balaban J connectivity index is 1.72. The van der Waals surface area contributed by atoms with E-state index in [1.807, 2.05) is 30.3 Å². The lowest BCUT2D eigenvalue weighted by Crippen LogP contribution is -2.25. The summed E-state index contributed by atoms with van der Waals surface area (Å²) in [5.41, 5.74) is 0.715. The van der Waals surface area contributed by atoms with Crippen LogP contribution in [0.3, 0.4) is 0 Å². The van der Waals surface area contributed by atoms with Crippen LogP contribution in [0.4, 0.5) is 4.39 Å². The van der Waals surface area contributed by atoms with Crippen molar-refractivity contribution in [2.45, 2.75) is 6.54 Å². The summed E-state index contributed by atoms with van der Waals surface area (Å²) in [6.07, 6.45) is 2.70. The van der Waals surface area contributed by atoms with E-state index in [1.165, 1.54) is 30.7 Å². The zero-order valence-electron chi connectivity index (χ0n) is 13.5. The molecule has 2 aromatic carbocycles. The van der Waals surface area contributed by atoms with E-state index in [9.17, 15) is 14.0 Å². The van der Waals surface area contributed by atoms with Gasteiger partial charge < -0.3 is 0 Å². The van der Waals surface area contributed by atoms with Gasteiger partial charge in [-0.25, -0.2) is 14.1 Å². The number of carbonyl (C=O) groups is 1. The molecule has 4 rings (SSSR count). The number of fused-ring (bicyclic) bond motifs is 1. The molecule has 128 valence electrons. The van der Waals surface area contributed by atoms with Crippen molar-refractivity contribution in [1.29, 1.82) is 0 Å². The van der Waals surface area contributed by atoms with Crippen molar-refractivity contribution in [3.8, 4) is 5.69 Å². The number of Topliss-reactive ketones (excluding diaryl/α,β-unsaturated/α-hetero) is 1. The highest BCUT2D eigenvalue weighted by atomic mass is 19.1. The number of carbonyl (C=O) groups excluding carboxylic acids is 1. The fourth-order valence-electron chi connectivity index (χ4n) is 2.75. The second kappa shape index (κ2) is 6.36. The predicted molar refractivity (Wildman–Crippen MR) is 93.9 cm³/mol. The van der Waals surface area contributed by atoms with Gasteiger partial charge in [-0.15, -0.1) is 0 Å². The van der Waals surface area contributed by atoms with Crippen molar-refractivity contribution < 1.29 is 9.18 Å². The summed E-state index contributed by atoms with van der Waals surface area (Å²) in [7, 11) is 0. The number of benzene rings is 2. The van der Waals surface area contributed by atoms with Gasteiger partial charge in [-0.05, 0) is 24.3 Å². The van der Waals surface area contributed by atoms with Gasteiger partial charge in [0.1, 0.15) is 17.5 Å². The number of rotatable bonds is 4. The molecule has 0 aliphatic carbocycles. The highest BCUT2D eigenvalue weighted by Crippen LogP contribution is 2.13. The SMILES string of the molecule is O=C(Cn1cnc2c(cnn2-c2ccccc2)c1=O)c1ccccc1F. The molecule has 0 saturated heterocycles. The molecular weight excluding hydrogens is 335 g/mol. The highest BCUT2D eigenvalue weighted by molar-refractivity contribution is 5.96. The van der Waals surface area contributed by atoms with Crippen LogP contribution in [0.25, 0.3) is 16.7 Å². The maximum Gasteiger partial charge on any atom is 0.264 e. The third-order valence-corrected chi connectivity index (χ3v) is 4.04. The van der Waals surface area contributed by atoms with Crippen LogP contribution < -0.4 is 5.56 Å². The van der Waals surface area contributed by atoms with Crippen LogP contribution in [0.15, 0.2) is 71.9 Å². The van der Waals surface area contributed by atoms with Crippen molar-refractivity contribution in [2.75, 3.05) is 0 Å². The Bertz CT molecular complexity index is 1170. The van der Waals surface area contributed by atoms with Crippen molar-refractivity contribution in [3.63, 3.8) is 0 Å². The summed E-state index contributed by atoms with van der Waals surface area (Å²) in [6, 6.07) is 15.0. The maximum atomic E-state index is 13.8. The molecule has 0 saturated carbocycles. The Kier molecular flexibility index (Phi) is 3.89. The zero-order chi connectivity index (χ0) is 18.1. The van der Waals surface area contributed by atoms with E-state index in [2.05, 4.69) is 10.1 Å². The minimum atomic E-state index is -0.614. The van der Waals surface area contributed by atoms with Crippen molar-refractivity contribution in [3.05, 3.63) is 88.9 Å². The van der Waals surface area contributed by atoms with E-state index in [4.69, 9.17) is 0 Å². The van der Waals surface area contributed by atoms with Gasteiger partial charge in [0.15, 0.2) is 11.4 Å². The minimum Gasteiger partial charge on any atom is -0.292 e. The summed E-state index contributed by atoms with van der Waals surface area (Å²) >= 11 is 0. The van der Waals surface area contributed by atoms with Crippen LogP contribution in [0.2, 0.25) is 0 Å². The number of para-hydroxylation sites is 1. The largest absolute Gasteiger partial charge is 0.292 e. The monoisotopic (exact) mass is 348 g/mol. The lowest BCUT2D eigenvalue weighted by molar-refractivity contribution is 0.0966. The first-order valence-corrected chi connectivity index (χ1v) is 7.91. The first-order chi connectivity index (χ1) is 12.6. The third kappa shape index (κ3) is 2.69. The third-order valence-electron chi connectivity index (χ3n) is 4.04. The highest BCUT2D eigenvalue weighted by Gasteiger charge is 2.15. The lowest BCUT2D eigenvalue weighted by atomic mass is 10.1. The molecular formula is C19H13FN4O2. The molecule has 0 N–H and O–H groups in total. The molecule has 2 heterocycles. The van der Waals surface area contributed by atoms with Crippen LogP contribution in [-0.2, 0) is 6.54 Å². The number of hydrogen-bond donors (Lipinski definition) is 0. The molecule has 0 fully saturated rings. The number of ketones is 1. The molecule has 7 heteroatoms. The number of nitrogens with zero attached hydrogens (tertiary/aromatic N) is 4. The van der Waals surface area contributed by atoms with Crippen molar-refractivity contribution in [1.82, 2.24) is 19.3 Å². The van der Waals surface area contributed by atoms with E-state index in [0.717, 1.165) is 10.3 Å². The fourth-order valence-corrected chi connectivity index (χ4v) is 2.75. The Hall–Kier alpha value is -3.61. The van der Waals surface area contributed by atoms with E-state index in [0.29, 0.717) is 5.65 Å². The standard InChI is InChI=1S/C19H13FN4O2/c20-16-9-5-4-8-14(16)17(25)11-23-12-21-18-15(19(23)26)10-22-24(18)13-6-2-1-3-7-13/h1-10,12H,11H2. The van der Waals surface area contributed by atoms with E-state index < -0.39 is 17.2 Å². The summed E-state index contributed by atoms with van der Waals surface area (Å²) in [5.74, 6) is -1.11. The van der Waals surface area contributed by atoms with Gasteiger partial charge in [0.2, 0.25) is 0 Å². The molecule has 0 atom stereocenters. The average molecular weight is 348 g/mol.